The van der Waals surface area contributed by atoms with Crippen LogP contribution in [-0.4, -0.2) is 29.0 Å². The highest BCUT2D eigenvalue weighted by molar-refractivity contribution is 5.70. The lowest BCUT2D eigenvalue weighted by Crippen LogP contribution is -2.25. The van der Waals surface area contributed by atoms with Gasteiger partial charge in [0.15, 0.2) is 11.5 Å². The molecule has 0 saturated heterocycles. The van der Waals surface area contributed by atoms with Crippen molar-refractivity contribution in [3.63, 3.8) is 0 Å². The number of nitrogens with zero attached hydrogens (tertiary/aromatic N) is 1. The summed E-state index contributed by atoms with van der Waals surface area (Å²) in [6.45, 7) is 2.33. The van der Waals surface area contributed by atoms with Gasteiger partial charge in [0, 0.05) is 18.4 Å². The number of carboxylic acid groups (broad SMARTS) is 1. The highest BCUT2D eigenvalue weighted by Crippen LogP contribution is 2.43. The first kappa shape index (κ1) is 21.6. The van der Waals surface area contributed by atoms with Crippen LogP contribution in [0, 0.1) is 0 Å². The number of carbonyl (C=O) groups is 1. The van der Waals surface area contributed by atoms with Crippen LogP contribution in [0.25, 0.3) is 11.5 Å². The molecule has 0 amide bonds. The Kier molecular flexibility index (Phi) is 5.98. The number of aliphatic carboxylic acids is 1. The SMILES string of the molecule is CCCc1oc(-c2ccc3c(c2)OC(F)(F)O3)nc1CCOc1cccc(CC(=O)O)c1. The first-order valence-electron chi connectivity index (χ1n) is 10.2. The molecule has 0 spiro atoms. The van der Waals surface area contributed by atoms with E-state index in [1.165, 1.54) is 12.1 Å². The monoisotopic (exact) mass is 445 g/mol. The fourth-order valence-electron chi connectivity index (χ4n) is 3.39. The Morgan fingerprint density at radius 1 is 1.12 bits per heavy atom. The van der Waals surface area contributed by atoms with Gasteiger partial charge in [0.1, 0.15) is 11.5 Å². The average molecular weight is 445 g/mol. The largest absolute Gasteiger partial charge is 0.586 e. The number of hydrogen-bond donors (Lipinski definition) is 1. The molecular formula is C23H21F2NO6. The zero-order valence-electron chi connectivity index (χ0n) is 17.3. The number of ether oxygens (including phenoxy) is 3. The summed E-state index contributed by atoms with van der Waals surface area (Å²) in [4.78, 5) is 15.4. The Bertz CT molecular complexity index is 1130. The molecule has 0 aliphatic carbocycles. The van der Waals surface area contributed by atoms with Crippen LogP contribution in [0.4, 0.5) is 8.78 Å². The van der Waals surface area contributed by atoms with Crippen LogP contribution in [0.1, 0.15) is 30.4 Å². The van der Waals surface area contributed by atoms with E-state index in [4.69, 9.17) is 14.3 Å². The van der Waals surface area contributed by atoms with E-state index in [1.807, 2.05) is 6.92 Å². The van der Waals surface area contributed by atoms with Crippen LogP contribution < -0.4 is 14.2 Å². The predicted molar refractivity (Wildman–Crippen MR) is 109 cm³/mol. The van der Waals surface area contributed by atoms with E-state index in [0.29, 0.717) is 53.7 Å². The number of fused-ring (bicyclic) bond motifs is 1. The van der Waals surface area contributed by atoms with Gasteiger partial charge in [0.2, 0.25) is 5.89 Å². The molecule has 0 atom stereocenters. The standard InChI is InChI=1S/C23H21F2NO6/c1-2-4-18-17(9-10-29-16-6-3-5-14(11-16)12-21(27)28)26-22(30-18)15-7-8-19-20(13-15)32-23(24,25)31-19/h3,5-8,11,13H,2,4,9-10,12H2,1H3,(H,27,28). The van der Waals surface area contributed by atoms with Crippen LogP contribution in [0.2, 0.25) is 0 Å². The number of benzene rings is 2. The highest BCUT2D eigenvalue weighted by atomic mass is 19.3. The van der Waals surface area contributed by atoms with E-state index in [1.54, 1.807) is 30.3 Å². The number of halogens is 2. The molecule has 0 saturated carbocycles. The third kappa shape index (κ3) is 4.99. The normalized spacial score (nSPS) is 13.8. The molecule has 9 heteroatoms. The van der Waals surface area contributed by atoms with Crippen LogP contribution in [-0.2, 0) is 24.1 Å². The zero-order valence-corrected chi connectivity index (χ0v) is 17.3. The van der Waals surface area contributed by atoms with Gasteiger partial charge < -0.3 is 23.7 Å². The zero-order chi connectivity index (χ0) is 22.7. The van der Waals surface area contributed by atoms with Gasteiger partial charge in [-0.3, -0.25) is 4.79 Å². The summed E-state index contributed by atoms with van der Waals surface area (Å²) in [7, 11) is 0. The Balaban J connectivity index is 1.47. The highest BCUT2D eigenvalue weighted by Gasteiger charge is 2.43. The van der Waals surface area contributed by atoms with Crippen LogP contribution in [0.15, 0.2) is 46.9 Å². The molecule has 1 aliphatic rings. The average Bonchev–Trinajstić information content (AvgIpc) is 3.26. The van der Waals surface area contributed by atoms with Crippen molar-refractivity contribution in [3.05, 3.63) is 59.5 Å². The molecule has 2 heterocycles. The number of rotatable bonds is 9. The molecule has 32 heavy (non-hydrogen) atoms. The van der Waals surface area contributed by atoms with Gasteiger partial charge in [-0.15, -0.1) is 8.78 Å². The maximum Gasteiger partial charge on any atom is 0.586 e. The summed E-state index contributed by atoms with van der Waals surface area (Å²) in [6, 6.07) is 11.3. The smallest absolute Gasteiger partial charge is 0.493 e. The molecular weight excluding hydrogens is 424 g/mol. The molecule has 4 rings (SSSR count). The number of alkyl halides is 2. The van der Waals surface area contributed by atoms with Crippen molar-refractivity contribution in [2.45, 2.75) is 38.9 Å². The minimum absolute atomic E-state index is 0.0437. The van der Waals surface area contributed by atoms with Gasteiger partial charge in [-0.2, -0.15) is 0 Å². The topological polar surface area (TPSA) is 91.0 Å². The Hall–Kier alpha value is -3.62. The van der Waals surface area contributed by atoms with Crippen molar-refractivity contribution < 1.29 is 37.3 Å². The van der Waals surface area contributed by atoms with Gasteiger partial charge in [0.25, 0.3) is 0 Å². The molecule has 0 bridgehead atoms. The van der Waals surface area contributed by atoms with Gasteiger partial charge in [-0.25, -0.2) is 4.98 Å². The first-order chi connectivity index (χ1) is 15.3. The Morgan fingerprint density at radius 2 is 1.94 bits per heavy atom. The van der Waals surface area contributed by atoms with Crippen molar-refractivity contribution in [1.82, 2.24) is 4.98 Å². The van der Waals surface area contributed by atoms with Crippen molar-refractivity contribution in [2.24, 2.45) is 0 Å². The lowest BCUT2D eigenvalue weighted by molar-refractivity contribution is -0.286. The van der Waals surface area contributed by atoms with E-state index in [-0.39, 0.29) is 17.9 Å². The third-order valence-corrected chi connectivity index (χ3v) is 4.76. The minimum Gasteiger partial charge on any atom is -0.493 e. The lowest BCUT2D eigenvalue weighted by Gasteiger charge is -2.07. The minimum atomic E-state index is -3.69. The second-order valence-corrected chi connectivity index (χ2v) is 7.28. The Morgan fingerprint density at radius 3 is 2.72 bits per heavy atom. The second-order valence-electron chi connectivity index (χ2n) is 7.28. The van der Waals surface area contributed by atoms with Gasteiger partial charge >= 0.3 is 12.3 Å². The van der Waals surface area contributed by atoms with Gasteiger partial charge in [0.05, 0.1) is 18.7 Å². The maximum absolute atomic E-state index is 13.3. The van der Waals surface area contributed by atoms with E-state index >= 15 is 0 Å². The maximum atomic E-state index is 13.3. The van der Waals surface area contributed by atoms with Gasteiger partial charge in [-0.1, -0.05) is 19.1 Å². The number of oxazole rings is 1. The summed E-state index contributed by atoms with van der Waals surface area (Å²) in [5.74, 6) is 0.545. The number of aromatic nitrogens is 1. The molecule has 1 aliphatic heterocycles. The first-order valence-corrected chi connectivity index (χ1v) is 10.2. The molecule has 2 aromatic carbocycles. The van der Waals surface area contributed by atoms with Crippen molar-refractivity contribution in [1.29, 1.82) is 0 Å². The molecule has 0 fully saturated rings. The van der Waals surface area contributed by atoms with E-state index in [2.05, 4.69) is 14.5 Å². The molecule has 1 N–H and O–H groups in total. The second kappa shape index (κ2) is 8.86. The fourth-order valence-corrected chi connectivity index (χ4v) is 3.39. The number of carboxylic acids is 1. The van der Waals surface area contributed by atoms with Crippen molar-refractivity contribution in [3.8, 4) is 28.7 Å². The molecule has 168 valence electrons. The quantitative estimate of drug-likeness (QED) is 0.503. The summed E-state index contributed by atoms with van der Waals surface area (Å²) >= 11 is 0. The third-order valence-electron chi connectivity index (χ3n) is 4.76. The molecule has 3 aromatic rings. The van der Waals surface area contributed by atoms with E-state index < -0.39 is 12.3 Å². The lowest BCUT2D eigenvalue weighted by atomic mass is 10.1. The summed E-state index contributed by atoms with van der Waals surface area (Å²) in [5, 5.41) is 8.93. The molecule has 0 unspecified atom stereocenters. The molecule has 0 radical (unpaired) electrons. The number of hydrogen-bond acceptors (Lipinski definition) is 6. The summed E-state index contributed by atoms with van der Waals surface area (Å²) in [5.41, 5.74) is 1.86. The predicted octanol–water partition coefficient (Wildman–Crippen LogP) is 4.86. The van der Waals surface area contributed by atoms with E-state index in [9.17, 15) is 13.6 Å². The summed E-state index contributed by atoms with van der Waals surface area (Å²) < 4.78 is 47.2. The van der Waals surface area contributed by atoms with Crippen molar-refractivity contribution >= 4 is 5.97 Å². The van der Waals surface area contributed by atoms with Crippen molar-refractivity contribution in [2.75, 3.05) is 6.61 Å². The number of aryl methyl sites for hydroxylation is 1. The molecule has 7 nitrogen and oxygen atoms in total. The van der Waals surface area contributed by atoms with E-state index in [0.717, 1.165) is 6.42 Å². The van der Waals surface area contributed by atoms with Crippen LogP contribution >= 0.6 is 0 Å². The Labute approximate surface area is 182 Å². The van der Waals surface area contributed by atoms with Crippen LogP contribution in [0.3, 0.4) is 0 Å². The van der Waals surface area contributed by atoms with Crippen LogP contribution in [0.5, 0.6) is 17.2 Å². The summed E-state index contributed by atoms with van der Waals surface area (Å²) in [6.07, 6.45) is -1.79. The van der Waals surface area contributed by atoms with Gasteiger partial charge in [-0.05, 0) is 42.3 Å². The molecule has 1 aromatic heterocycles. The fraction of sp³-hybridized carbons (Fsp3) is 0.304.